The molecule has 1 aromatic heterocycles. The van der Waals surface area contributed by atoms with E-state index in [1.807, 2.05) is 0 Å². The molecule has 3 nitrogen and oxygen atoms in total. The molecule has 0 bridgehead atoms. The van der Waals surface area contributed by atoms with Crippen molar-refractivity contribution in [3.8, 4) is 0 Å². The molecule has 1 fully saturated rings. The Morgan fingerprint density at radius 2 is 2.17 bits per heavy atom. The largest absolute Gasteiger partial charge is 0.334 e. The van der Waals surface area contributed by atoms with Crippen molar-refractivity contribution in [2.75, 3.05) is 6.54 Å². The fourth-order valence-corrected chi connectivity index (χ4v) is 3.52. The number of aryl methyl sites for hydroxylation is 1. The highest BCUT2D eigenvalue weighted by atomic mass is 15.2. The third kappa shape index (κ3) is 2.09. The molecule has 1 saturated heterocycles. The van der Waals surface area contributed by atoms with Crippen LogP contribution in [0.25, 0.3) is 0 Å². The smallest absolute Gasteiger partial charge is 0.109 e. The van der Waals surface area contributed by atoms with E-state index in [4.69, 9.17) is 4.98 Å². The van der Waals surface area contributed by atoms with E-state index in [0.29, 0.717) is 12.1 Å². The molecule has 18 heavy (non-hydrogen) atoms. The van der Waals surface area contributed by atoms with Gasteiger partial charge < -0.3 is 4.57 Å². The van der Waals surface area contributed by atoms with E-state index in [-0.39, 0.29) is 0 Å². The van der Waals surface area contributed by atoms with Crippen LogP contribution in [0, 0.1) is 5.92 Å². The number of rotatable bonds is 2. The van der Waals surface area contributed by atoms with Gasteiger partial charge in [0.2, 0.25) is 0 Å². The van der Waals surface area contributed by atoms with E-state index in [1.165, 1.54) is 37.3 Å². The summed E-state index contributed by atoms with van der Waals surface area (Å²) < 4.78 is 2.40. The van der Waals surface area contributed by atoms with Crippen LogP contribution < -0.4 is 0 Å². The molecular formula is C15H25N3. The Labute approximate surface area is 110 Å². The van der Waals surface area contributed by atoms with Gasteiger partial charge in [-0.2, -0.15) is 0 Å². The maximum absolute atomic E-state index is 4.92. The lowest BCUT2D eigenvalue weighted by Gasteiger charge is -2.26. The van der Waals surface area contributed by atoms with E-state index in [9.17, 15) is 0 Å². The Morgan fingerprint density at radius 1 is 1.33 bits per heavy atom. The van der Waals surface area contributed by atoms with Crippen LogP contribution >= 0.6 is 0 Å². The summed E-state index contributed by atoms with van der Waals surface area (Å²) >= 11 is 0. The molecule has 0 radical (unpaired) electrons. The van der Waals surface area contributed by atoms with Gasteiger partial charge in [0.1, 0.15) is 5.82 Å². The van der Waals surface area contributed by atoms with Crippen molar-refractivity contribution in [2.45, 2.75) is 65.1 Å². The quantitative estimate of drug-likeness (QED) is 0.801. The summed E-state index contributed by atoms with van der Waals surface area (Å²) in [6, 6.07) is 1.20. The summed E-state index contributed by atoms with van der Waals surface area (Å²) in [7, 11) is 0. The fraction of sp³-hybridized carbons (Fsp3) is 0.800. The first-order valence-electron chi connectivity index (χ1n) is 7.47. The molecule has 3 rings (SSSR count). The standard InChI is InChI=1S/C15H25N3/c1-11(2)18-8-4-5-14(18)13-10-17-9-12(3)6-7-15(17)16-13/h10-12,14H,4-9H2,1-3H3. The number of hydrogen-bond donors (Lipinski definition) is 0. The average Bonchev–Trinajstić information content (AvgIpc) is 2.93. The molecule has 0 N–H and O–H groups in total. The lowest BCUT2D eigenvalue weighted by atomic mass is 10.0. The second-order valence-electron chi connectivity index (χ2n) is 6.37. The van der Waals surface area contributed by atoms with Gasteiger partial charge in [0.05, 0.1) is 11.7 Å². The number of nitrogens with zero attached hydrogens (tertiary/aromatic N) is 3. The molecule has 3 heteroatoms. The van der Waals surface area contributed by atoms with Gasteiger partial charge >= 0.3 is 0 Å². The van der Waals surface area contributed by atoms with Crippen molar-refractivity contribution < 1.29 is 0 Å². The van der Waals surface area contributed by atoms with Crippen molar-refractivity contribution in [2.24, 2.45) is 5.92 Å². The number of hydrogen-bond acceptors (Lipinski definition) is 2. The van der Waals surface area contributed by atoms with E-state index in [2.05, 4.69) is 36.4 Å². The molecule has 2 aliphatic rings. The molecule has 0 spiro atoms. The minimum atomic E-state index is 0.568. The van der Waals surface area contributed by atoms with Gasteiger partial charge in [-0.25, -0.2) is 4.98 Å². The highest BCUT2D eigenvalue weighted by molar-refractivity contribution is 5.12. The van der Waals surface area contributed by atoms with Crippen LogP contribution in [0.2, 0.25) is 0 Å². The van der Waals surface area contributed by atoms with Crippen LogP contribution in [0.4, 0.5) is 0 Å². The van der Waals surface area contributed by atoms with E-state index in [0.717, 1.165) is 18.9 Å². The van der Waals surface area contributed by atoms with Crippen LogP contribution in [-0.4, -0.2) is 27.0 Å². The van der Waals surface area contributed by atoms with E-state index < -0.39 is 0 Å². The molecule has 2 aliphatic heterocycles. The topological polar surface area (TPSA) is 21.1 Å². The zero-order valence-electron chi connectivity index (χ0n) is 11.9. The molecular weight excluding hydrogens is 222 g/mol. The monoisotopic (exact) mass is 247 g/mol. The molecule has 100 valence electrons. The summed E-state index contributed by atoms with van der Waals surface area (Å²) in [5, 5.41) is 0. The van der Waals surface area contributed by atoms with Crippen molar-refractivity contribution >= 4 is 0 Å². The lowest BCUT2D eigenvalue weighted by molar-refractivity contribution is 0.202. The number of fused-ring (bicyclic) bond motifs is 1. The highest BCUT2D eigenvalue weighted by Gasteiger charge is 2.30. The summed E-state index contributed by atoms with van der Waals surface area (Å²) in [6.45, 7) is 9.35. The second kappa shape index (κ2) is 4.69. The highest BCUT2D eigenvalue weighted by Crippen LogP contribution is 2.34. The van der Waals surface area contributed by atoms with Gasteiger partial charge in [0.15, 0.2) is 0 Å². The second-order valence-corrected chi connectivity index (χ2v) is 6.37. The molecule has 0 aromatic carbocycles. The first-order chi connectivity index (χ1) is 8.65. The first-order valence-corrected chi connectivity index (χ1v) is 7.47. The first kappa shape index (κ1) is 12.2. The zero-order chi connectivity index (χ0) is 12.7. The van der Waals surface area contributed by atoms with Gasteiger partial charge in [0, 0.05) is 25.2 Å². The maximum atomic E-state index is 4.92. The molecule has 3 heterocycles. The van der Waals surface area contributed by atoms with Gasteiger partial charge in [-0.1, -0.05) is 6.92 Å². The Hall–Kier alpha value is -0.830. The fourth-order valence-electron chi connectivity index (χ4n) is 3.52. The molecule has 1 aromatic rings. The Balaban J connectivity index is 1.84. The van der Waals surface area contributed by atoms with Gasteiger partial charge in [0.25, 0.3) is 0 Å². The predicted octanol–water partition coefficient (Wildman–Crippen LogP) is 3.01. The third-order valence-corrected chi connectivity index (χ3v) is 4.55. The number of imidazole rings is 1. The summed E-state index contributed by atoms with van der Waals surface area (Å²) in [5.74, 6) is 2.13. The summed E-state index contributed by atoms with van der Waals surface area (Å²) in [6.07, 6.45) is 7.40. The maximum Gasteiger partial charge on any atom is 0.109 e. The Morgan fingerprint density at radius 3 is 2.94 bits per heavy atom. The molecule has 0 aliphatic carbocycles. The zero-order valence-corrected chi connectivity index (χ0v) is 11.9. The molecule has 0 amide bonds. The molecule has 2 atom stereocenters. The summed E-state index contributed by atoms with van der Waals surface area (Å²) in [5.41, 5.74) is 1.32. The molecule has 2 unspecified atom stereocenters. The normalized spacial score (nSPS) is 28.9. The van der Waals surface area contributed by atoms with Crippen LogP contribution in [-0.2, 0) is 13.0 Å². The predicted molar refractivity (Wildman–Crippen MR) is 73.5 cm³/mol. The SMILES string of the molecule is CC1CCc2nc(C3CCCN3C(C)C)cn2C1. The lowest BCUT2D eigenvalue weighted by Crippen LogP contribution is -2.30. The third-order valence-electron chi connectivity index (χ3n) is 4.55. The van der Waals surface area contributed by atoms with Crippen LogP contribution in [0.1, 0.15) is 57.6 Å². The van der Waals surface area contributed by atoms with E-state index >= 15 is 0 Å². The van der Waals surface area contributed by atoms with Crippen LogP contribution in [0.5, 0.6) is 0 Å². The number of aromatic nitrogens is 2. The Bertz CT molecular complexity index is 421. The Kier molecular flexibility index (Phi) is 3.18. The van der Waals surface area contributed by atoms with Crippen molar-refractivity contribution in [3.63, 3.8) is 0 Å². The van der Waals surface area contributed by atoms with Gasteiger partial charge in [-0.05, 0) is 45.6 Å². The molecule has 0 saturated carbocycles. The summed E-state index contributed by atoms with van der Waals surface area (Å²) in [4.78, 5) is 7.53. The van der Waals surface area contributed by atoms with Gasteiger partial charge in [-0.3, -0.25) is 4.90 Å². The van der Waals surface area contributed by atoms with Crippen molar-refractivity contribution in [1.82, 2.24) is 14.5 Å². The average molecular weight is 247 g/mol. The number of likely N-dealkylation sites (tertiary alicyclic amines) is 1. The van der Waals surface area contributed by atoms with Crippen LogP contribution in [0.3, 0.4) is 0 Å². The van der Waals surface area contributed by atoms with E-state index in [1.54, 1.807) is 0 Å². The minimum Gasteiger partial charge on any atom is -0.334 e. The van der Waals surface area contributed by atoms with Gasteiger partial charge in [-0.15, -0.1) is 0 Å². The van der Waals surface area contributed by atoms with Crippen molar-refractivity contribution in [1.29, 1.82) is 0 Å². The minimum absolute atomic E-state index is 0.568. The van der Waals surface area contributed by atoms with Crippen molar-refractivity contribution in [3.05, 3.63) is 17.7 Å². The van der Waals surface area contributed by atoms with Crippen LogP contribution in [0.15, 0.2) is 6.20 Å².